The normalized spacial score (nSPS) is 8.10. The van der Waals surface area contributed by atoms with Crippen LogP contribution in [0.2, 0.25) is 0 Å². The topological polar surface area (TPSA) is 101 Å². The van der Waals surface area contributed by atoms with Crippen molar-refractivity contribution >= 4 is 11.9 Å². The standard InChI is InChI=1S/C5H5NO4/c6-2-1-3(4(7)8)5(9)10/h3H,6H2,(H,7,8)(H,9,10). The van der Waals surface area contributed by atoms with E-state index in [0.717, 1.165) is 0 Å². The minimum atomic E-state index is -1.72. The summed E-state index contributed by atoms with van der Waals surface area (Å²) in [6.45, 7) is 0. The van der Waals surface area contributed by atoms with Crippen LogP contribution in [0.25, 0.3) is 0 Å². The lowest BCUT2D eigenvalue weighted by atomic mass is 10.2. The number of nitrogens with two attached hydrogens (primary N) is 1. The van der Waals surface area contributed by atoms with Crippen molar-refractivity contribution in [3.63, 3.8) is 0 Å². The second-order valence-corrected chi connectivity index (χ2v) is 1.40. The van der Waals surface area contributed by atoms with Crippen LogP contribution < -0.4 is 5.73 Å². The summed E-state index contributed by atoms with van der Waals surface area (Å²) in [5, 5.41) is 16.3. The summed E-state index contributed by atoms with van der Waals surface area (Å²) in [5.41, 5.74) is 4.62. The molecule has 0 amide bonds. The van der Waals surface area contributed by atoms with Gasteiger partial charge in [-0.05, 0) is 0 Å². The van der Waals surface area contributed by atoms with E-state index in [2.05, 4.69) is 5.73 Å². The average Bonchev–Trinajstić information content (AvgIpc) is 1.81. The first-order chi connectivity index (χ1) is 4.59. The number of hydrogen-bond acceptors (Lipinski definition) is 3. The molecule has 0 rings (SSSR count). The summed E-state index contributed by atoms with van der Waals surface area (Å²) in [6, 6.07) is 1.72. The smallest absolute Gasteiger partial charge is 0.330 e. The minimum Gasteiger partial charge on any atom is -0.480 e. The van der Waals surface area contributed by atoms with E-state index >= 15 is 0 Å². The van der Waals surface area contributed by atoms with E-state index in [4.69, 9.17) is 10.2 Å². The predicted octanol–water partition coefficient (Wildman–Crippen LogP) is -1.31. The summed E-state index contributed by atoms with van der Waals surface area (Å²) in [5.74, 6) is -2.93. The van der Waals surface area contributed by atoms with E-state index in [1.165, 1.54) is 0 Å². The van der Waals surface area contributed by atoms with E-state index in [1.807, 2.05) is 5.92 Å². The van der Waals surface area contributed by atoms with Crippen molar-refractivity contribution in [1.82, 2.24) is 0 Å². The molecular weight excluding hydrogens is 138 g/mol. The monoisotopic (exact) mass is 143 g/mol. The molecule has 0 spiro atoms. The summed E-state index contributed by atoms with van der Waals surface area (Å²) in [4.78, 5) is 20.0. The molecule has 0 atom stereocenters. The van der Waals surface area contributed by atoms with Gasteiger partial charge in [0, 0.05) is 6.04 Å². The van der Waals surface area contributed by atoms with Crippen molar-refractivity contribution < 1.29 is 19.8 Å². The average molecular weight is 143 g/mol. The van der Waals surface area contributed by atoms with Crippen LogP contribution in [0.15, 0.2) is 0 Å². The Balaban J connectivity index is 4.37. The number of rotatable bonds is 2. The van der Waals surface area contributed by atoms with Gasteiger partial charge in [0.15, 0.2) is 0 Å². The Bertz CT molecular complexity index is 197. The third kappa shape index (κ3) is 2.05. The molecule has 0 aliphatic carbocycles. The third-order valence-electron chi connectivity index (χ3n) is 0.722. The second kappa shape index (κ2) is 3.35. The maximum absolute atomic E-state index is 9.99. The first kappa shape index (κ1) is 8.30. The van der Waals surface area contributed by atoms with Gasteiger partial charge in [0.2, 0.25) is 5.92 Å². The quantitative estimate of drug-likeness (QED) is 0.253. The Morgan fingerprint density at radius 3 is 1.80 bits per heavy atom. The van der Waals surface area contributed by atoms with Gasteiger partial charge in [-0.3, -0.25) is 9.59 Å². The highest BCUT2D eigenvalue weighted by Crippen LogP contribution is 1.92. The van der Waals surface area contributed by atoms with Gasteiger partial charge in [-0.15, -0.1) is 0 Å². The Morgan fingerprint density at radius 2 is 1.70 bits per heavy atom. The molecule has 5 heteroatoms. The maximum atomic E-state index is 9.99. The Hall–Kier alpha value is -1.70. The van der Waals surface area contributed by atoms with E-state index in [9.17, 15) is 9.59 Å². The second-order valence-electron chi connectivity index (χ2n) is 1.40. The third-order valence-corrected chi connectivity index (χ3v) is 0.722. The lowest BCUT2D eigenvalue weighted by molar-refractivity contribution is -0.151. The van der Waals surface area contributed by atoms with Crippen molar-refractivity contribution in [2.24, 2.45) is 11.7 Å². The number of carboxylic acid groups (broad SMARTS) is 2. The Morgan fingerprint density at radius 1 is 1.30 bits per heavy atom. The Kier molecular flexibility index (Phi) is 2.78. The van der Waals surface area contributed by atoms with E-state index in [1.54, 1.807) is 6.04 Å². The van der Waals surface area contributed by atoms with E-state index in [0.29, 0.717) is 0 Å². The van der Waals surface area contributed by atoms with Crippen molar-refractivity contribution in [2.45, 2.75) is 0 Å². The zero-order valence-corrected chi connectivity index (χ0v) is 4.87. The van der Waals surface area contributed by atoms with Gasteiger partial charge in [-0.25, -0.2) is 0 Å². The highest BCUT2D eigenvalue weighted by Gasteiger charge is 2.22. The highest BCUT2D eigenvalue weighted by atomic mass is 16.4. The van der Waals surface area contributed by atoms with Gasteiger partial charge in [0.05, 0.1) is 0 Å². The van der Waals surface area contributed by atoms with Crippen LogP contribution in [0.5, 0.6) is 0 Å². The Labute approximate surface area is 56.4 Å². The molecule has 0 aliphatic heterocycles. The number of hydrogen-bond donors (Lipinski definition) is 3. The number of aliphatic carboxylic acids is 2. The first-order valence-electron chi connectivity index (χ1n) is 2.26. The van der Waals surface area contributed by atoms with Gasteiger partial charge < -0.3 is 15.9 Å². The number of carboxylic acids is 2. The molecule has 5 nitrogen and oxygen atoms in total. The zero-order chi connectivity index (χ0) is 8.15. The van der Waals surface area contributed by atoms with Crippen molar-refractivity contribution in [3.8, 4) is 12.0 Å². The summed E-state index contributed by atoms with van der Waals surface area (Å²) in [7, 11) is 0. The van der Waals surface area contributed by atoms with Gasteiger partial charge in [-0.2, -0.15) is 0 Å². The molecule has 0 aromatic carbocycles. The number of carbonyl (C=O) groups is 2. The molecule has 0 unspecified atom stereocenters. The molecule has 10 heavy (non-hydrogen) atoms. The van der Waals surface area contributed by atoms with Crippen LogP contribution in [0.4, 0.5) is 0 Å². The zero-order valence-electron chi connectivity index (χ0n) is 4.87. The fourth-order valence-electron chi connectivity index (χ4n) is 0.312. The van der Waals surface area contributed by atoms with Crippen molar-refractivity contribution in [3.05, 3.63) is 0 Å². The molecule has 4 N–H and O–H groups in total. The summed E-state index contributed by atoms with van der Waals surface area (Å²) < 4.78 is 0. The molecule has 0 saturated heterocycles. The maximum Gasteiger partial charge on any atom is 0.330 e. The first-order valence-corrected chi connectivity index (χ1v) is 2.26. The lowest BCUT2D eigenvalue weighted by Crippen LogP contribution is -2.21. The summed E-state index contributed by atoms with van der Waals surface area (Å²) in [6.07, 6.45) is 0. The molecule has 0 aromatic rings. The van der Waals surface area contributed by atoms with Gasteiger partial charge in [-0.1, -0.05) is 5.92 Å². The molecule has 0 radical (unpaired) electrons. The van der Waals surface area contributed by atoms with Crippen LogP contribution in [-0.4, -0.2) is 22.2 Å². The van der Waals surface area contributed by atoms with Crippen LogP contribution >= 0.6 is 0 Å². The van der Waals surface area contributed by atoms with Crippen molar-refractivity contribution in [1.29, 1.82) is 0 Å². The van der Waals surface area contributed by atoms with Gasteiger partial charge in [0.1, 0.15) is 0 Å². The highest BCUT2D eigenvalue weighted by molar-refractivity contribution is 5.96. The molecule has 0 fully saturated rings. The molecule has 0 aliphatic rings. The molecular formula is C5H5NO4. The molecule has 0 heterocycles. The van der Waals surface area contributed by atoms with Crippen LogP contribution in [0.3, 0.4) is 0 Å². The summed E-state index contributed by atoms with van der Waals surface area (Å²) >= 11 is 0. The van der Waals surface area contributed by atoms with Crippen molar-refractivity contribution in [2.75, 3.05) is 0 Å². The molecule has 0 bridgehead atoms. The van der Waals surface area contributed by atoms with E-state index < -0.39 is 17.9 Å². The molecule has 54 valence electrons. The van der Waals surface area contributed by atoms with Gasteiger partial charge in [0.25, 0.3) is 0 Å². The van der Waals surface area contributed by atoms with Gasteiger partial charge >= 0.3 is 11.9 Å². The van der Waals surface area contributed by atoms with Crippen LogP contribution in [0, 0.1) is 17.9 Å². The SMILES string of the molecule is NC#CC(C(=O)O)C(=O)O. The molecule has 0 saturated carbocycles. The van der Waals surface area contributed by atoms with E-state index in [-0.39, 0.29) is 0 Å². The van der Waals surface area contributed by atoms with Crippen LogP contribution in [0.1, 0.15) is 0 Å². The molecule has 0 aromatic heterocycles. The fraction of sp³-hybridized carbons (Fsp3) is 0.200. The predicted molar refractivity (Wildman–Crippen MR) is 30.7 cm³/mol. The fourth-order valence-corrected chi connectivity index (χ4v) is 0.312. The largest absolute Gasteiger partial charge is 0.480 e. The lowest BCUT2D eigenvalue weighted by Gasteiger charge is -1.94. The van der Waals surface area contributed by atoms with Crippen LogP contribution in [-0.2, 0) is 9.59 Å². The minimum absolute atomic E-state index is 1.51.